The summed E-state index contributed by atoms with van der Waals surface area (Å²) in [5, 5.41) is 3.85. The highest BCUT2D eigenvalue weighted by atomic mass is 16.2. The normalized spacial score (nSPS) is 30.8. The number of carbonyl (C=O) groups is 1. The zero-order valence-electron chi connectivity index (χ0n) is 14.3. The van der Waals surface area contributed by atoms with Crippen molar-refractivity contribution in [2.45, 2.75) is 76.5 Å². The van der Waals surface area contributed by atoms with Crippen LogP contribution in [0.2, 0.25) is 0 Å². The minimum atomic E-state index is 0.215. The van der Waals surface area contributed by atoms with E-state index in [9.17, 15) is 4.79 Å². The fraction of sp³-hybridized carbons (Fsp3) is 0.632. The maximum absolute atomic E-state index is 12.4. The molecule has 1 fully saturated rings. The summed E-state index contributed by atoms with van der Waals surface area (Å²) in [6, 6.07) is 9.87. The first-order valence-corrected chi connectivity index (χ1v) is 9.02. The molecule has 1 heterocycles. The minimum absolute atomic E-state index is 0.215. The van der Waals surface area contributed by atoms with Gasteiger partial charge in [-0.2, -0.15) is 0 Å². The number of rotatable bonds is 3. The smallest absolute Gasteiger partial charge is 0.226 e. The largest absolute Gasteiger partial charge is 0.328 e. The Bertz CT molecular complexity index is 551. The predicted molar refractivity (Wildman–Crippen MR) is 94.4 cm³/mol. The summed E-state index contributed by atoms with van der Waals surface area (Å²) in [6.07, 6.45) is 6.07. The molecule has 126 valence electrons. The van der Waals surface area contributed by atoms with Crippen LogP contribution in [0.5, 0.6) is 0 Å². The van der Waals surface area contributed by atoms with Gasteiger partial charge in [-0.3, -0.25) is 4.79 Å². The lowest BCUT2D eigenvalue weighted by Gasteiger charge is -2.41. The fourth-order valence-corrected chi connectivity index (χ4v) is 4.09. The number of hydrogen-bond acceptors (Lipinski definition) is 3. The van der Waals surface area contributed by atoms with Crippen molar-refractivity contribution in [3.63, 3.8) is 0 Å². The zero-order chi connectivity index (χ0) is 16.4. The Kier molecular flexibility index (Phi) is 5.02. The summed E-state index contributed by atoms with van der Waals surface area (Å²) in [7, 11) is 0. The Morgan fingerprint density at radius 1 is 1.26 bits per heavy atom. The number of nitrogens with two attached hydrogens (primary N) is 1. The lowest BCUT2D eigenvalue weighted by atomic mass is 9.87. The molecule has 1 saturated carbocycles. The van der Waals surface area contributed by atoms with Gasteiger partial charge in [0.2, 0.25) is 5.91 Å². The fourth-order valence-electron chi connectivity index (χ4n) is 4.09. The molecule has 4 heteroatoms. The van der Waals surface area contributed by atoms with E-state index >= 15 is 0 Å². The van der Waals surface area contributed by atoms with Crippen LogP contribution < -0.4 is 16.0 Å². The molecule has 4 nitrogen and oxygen atoms in total. The molecule has 2 aliphatic rings. The number of anilines is 1. The topological polar surface area (TPSA) is 58.4 Å². The molecule has 1 unspecified atom stereocenters. The Hall–Kier alpha value is -1.39. The Morgan fingerprint density at radius 3 is 2.65 bits per heavy atom. The molecule has 0 bridgehead atoms. The van der Waals surface area contributed by atoms with Gasteiger partial charge < -0.3 is 16.0 Å². The van der Waals surface area contributed by atoms with Gasteiger partial charge in [0.1, 0.15) is 0 Å². The number of para-hydroxylation sites is 1. The SMILES string of the molecule is CCC(=O)N1c2ccccc2C(NC2CCC(N)CC2)C[C@@H]1C. The van der Waals surface area contributed by atoms with Crippen LogP contribution in [0.25, 0.3) is 0 Å². The van der Waals surface area contributed by atoms with Crippen LogP contribution in [0.15, 0.2) is 24.3 Å². The first-order valence-electron chi connectivity index (χ1n) is 9.02. The number of fused-ring (bicyclic) bond motifs is 1. The molecular formula is C19H29N3O. The Morgan fingerprint density at radius 2 is 1.96 bits per heavy atom. The van der Waals surface area contributed by atoms with Crippen molar-refractivity contribution < 1.29 is 4.79 Å². The second-order valence-corrected chi connectivity index (χ2v) is 7.09. The molecule has 0 spiro atoms. The van der Waals surface area contributed by atoms with Gasteiger partial charge in [0.25, 0.3) is 0 Å². The molecule has 1 aliphatic heterocycles. The van der Waals surface area contributed by atoms with Crippen molar-refractivity contribution in [3.05, 3.63) is 29.8 Å². The highest BCUT2D eigenvalue weighted by molar-refractivity contribution is 5.95. The number of hydrogen-bond donors (Lipinski definition) is 2. The summed E-state index contributed by atoms with van der Waals surface area (Å²) in [4.78, 5) is 14.4. The van der Waals surface area contributed by atoms with E-state index < -0.39 is 0 Å². The summed E-state index contributed by atoms with van der Waals surface area (Å²) < 4.78 is 0. The predicted octanol–water partition coefficient (Wildman–Crippen LogP) is 3.12. The van der Waals surface area contributed by atoms with Crippen molar-refractivity contribution in [3.8, 4) is 0 Å². The van der Waals surface area contributed by atoms with Crippen LogP contribution >= 0.6 is 0 Å². The molecule has 1 aromatic rings. The molecule has 3 rings (SSSR count). The third-order valence-electron chi connectivity index (χ3n) is 5.37. The lowest BCUT2D eigenvalue weighted by molar-refractivity contribution is -0.118. The number of carbonyl (C=O) groups excluding carboxylic acids is 1. The van der Waals surface area contributed by atoms with Gasteiger partial charge >= 0.3 is 0 Å². The van der Waals surface area contributed by atoms with Crippen LogP contribution in [0.1, 0.15) is 64.0 Å². The van der Waals surface area contributed by atoms with Crippen molar-refractivity contribution in [1.29, 1.82) is 0 Å². The molecule has 1 aromatic carbocycles. The molecule has 1 amide bonds. The van der Waals surface area contributed by atoms with E-state index in [1.165, 1.54) is 5.56 Å². The highest BCUT2D eigenvalue weighted by Gasteiger charge is 2.34. The van der Waals surface area contributed by atoms with Gasteiger partial charge in [-0.05, 0) is 50.7 Å². The third-order valence-corrected chi connectivity index (χ3v) is 5.37. The molecule has 1 aliphatic carbocycles. The summed E-state index contributed by atoms with van der Waals surface area (Å²) in [5.41, 5.74) is 8.38. The summed E-state index contributed by atoms with van der Waals surface area (Å²) >= 11 is 0. The second kappa shape index (κ2) is 7.02. The van der Waals surface area contributed by atoms with E-state index in [-0.39, 0.29) is 11.9 Å². The van der Waals surface area contributed by atoms with Gasteiger partial charge in [-0.15, -0.1) is 0 Å². The van der Waals surface area contributed by atoms with Gasteiger partial charge in [0.15, 0.2) is 0 Å². The zero-order valence-corrected chi connectivity index (χ0v) is 14.3. The van der Waals surface area contributed by atoms with Gasteiger partial charge in [0, 0.05) is 36.3 Å². The van der Waals surface area contributed by atoms with Crippen LogP contribution in [-0.4, -0.2) is 24.0 Å². The number of nitrogens with zero attached hydrogens (tertiary/aromatic N) is 1. The van der Waals surface area contributed by atoms with Crippen LogP contribution in [-0.2, 0) is 4.79 Å². The van der Waals surface area contributed by atoms with E-state index in [1.54, 1.807) is 0 Å². The average Bonchev–Trinajstić information content (AvgIpc) is 2.56. The molecule has 23 heavy (non-hydrogen) atoms. The first-order chi connectivity index (χ1) is 11.1. The average molecular weight is 315 g/mol. The van der Waals surface area contributed by atoms with Gasteiger partial charge in [0.05, 0.1) is 0 Å². The maximum atomic E-state index is 12.4. The van der Waals surface area contributed by atoms with Gasteiger partial charge in [-0.25, -0.2) is 0 Å². The van der Waals surface area contributed by atoms with Crippen LogP contribution in [0, 0.1) is 0 Å². The maximum Gasteiger partial charge on any atom is 0.226 e. The van der Waals surface area contributed by atoms with E-state index in [4.69, 9.17) is 5.73 Å². The summed E-state index contributed by atoms with van der Waals surface area (Å²) in [6.45, 7) is 4.10. The monoisotopic (exact) mass is 315 g/mol. The van der Waals surface area contributed by atoms with Crippen molar-refractivity contribution in [2.75, 3.05) is 4.90 Å². The molecule has 2 atom stereocenters. The highest BCUT2D eigenvalue weighted by Crippen LogP contribution is 2.38. The quantitative estimate of drug-likeness (QED) is 0.901. The minimum Gasteiger partial charge on any atom is -0.328 e. The Labute approximate surface area is 139 Å². The van der Waals surface area contributed by atoms with Crippen molar-refractivity contribution >= 4 is 11.6 Å². The molecule has 3 N–H and O–H groups in total. The van der Waals surface area contributed by atoms with Crippen molar-refractivity contribution in [1.82, 2.24) is 5.32 Å². The number of amides is 1. The third kappa shape index (κ3) is 3.43. The van der Waals surface area contributed by atoms with E-state index in [0.29, 0.717) is 24.5 Å². The van der Waals surface area contributed by atoms with Gasteiger partial charge in [-0.1, -0.05) is 25.1 Å². The molecule has 0 aromatic heterocycles. The van der Waals surface area contributed by atoms with E-state index in [1.807, 2.05) is 17.9 Å². The molecule has 0 radical (unpaired) electrons. The number of benzene rings is 1. The number of nitrogens with one attached hydrogen (secondary N) is 1. The van der Waals surface area contributed by atoms with Crippen molar-refractivity contribution in [2.24, 2.45) is 5.73 Å². The van der Waals surface area contributed by atoms with E-state index in [2.05, 4.69) is 30.4 Å². The molecular weight excluding hydrogens is 286 g/mol. The summed E-state index contributed by atoms with van der Waals surface area (Å²) in [5.74, 6) is 0.215. The Balaban J connectivity index is 1.81. The van der Waals surface area contributed by atoms with Crippen LogP contribution in [0.3, 0.4) is 0 Å². The second-order valence-electron chi connectivity index (χ2n) is 7.09. The first kappa shape index (κ1) is 16.5. The van der Waals surface area contributed by atoms with Crippen LogP contribution in [0.4, 0.5) is 5.69 Å². The standard InChI is InChI=1S/C19H29N3O/c1-3-19(23)22-13(2)12-17(16-6-4-5-7-18(16)22)21-15-10-8-14(20)9-11-15/h4-7,13-15,17,21H,3,8-12,20H2,1-2H3/t13-,14?,15?,17?/m0/s1. The molecule has 0 saturated heterocycles. The van der Waals surface area contributed by atoms with E-state index in [0.717, 1.165) is 37.8 Å². The lowest BCUT2D eigenvalue weighted by Crippen LogP contribution is -2.47.